The molecular formula is C12H20N2O4S. The van der Waals surface area contributed by atoms with Crippen molar-refractivity contribution >= 4 is 16.2 Å². The number of fused-ring (bicyclic) bond motifs is 2. The third-order valence-corrected chi connectivity index (χ3v) is 6.51. The molecule has 19 heavy (non-hydrogen) atoms. The molecule has 4 atom stereocenters. The summed E-state index contributed by atoms with van der Waals surface area (Å²) in [4.78, 5) is 11.4. The Kier molecular flexibility index (Phi) is 3.31. The van der Waals surface area contributed by atoms with Crippen LogP contribution in [0.4, 0.5) is 0 Å². The Morgan fingerprint density at radius 3 is 2.42 bits per heavy atom. The van der Waals surface area contributed by atoms with Gasteiger partial charge in [-0.1, -0.05) is 0 Å². The lowest BCUT2D eigenvalue weighted by Crippen LogP contribution is -2.51. The van der Waals surface area contributed by atoms with E-state index in [1.807, 2.05) is 0 Å². The lowest BCUT2D eigenvalue weighted by atomic mass is 9.85. The van der Waals surface area contributed by atoms with Crippen molar-refractivity contribution in [3.05, 3.63) is 0 Å². The molecule has 108 valence electrons. The number of carbonyl (C=O) groups is 1. The smallest absolute Gasteiger partial charge is 0.308 e. The van der Waals surface area contributed by atoms with Gasteiger partial charge in [-0.15, -0.1) is 0 Å². The van der Waals surface area contributed by atoms with Gasteiger partial charge < -0.3 is 5.11 Å². The number of hydrogen-bond acceptors (Lipinski definition) is 3. The SMILES string of the molecule is O=C(O)C1C2CCC(C2)C1NS(=O)(=O)N1CCCC1. The lowest BCUT2D eigenvalue weighted by molar-refractivity contribution is -0.144. The molecule has 0 radical (unpaired) electrons. The van der Waals surface area contributed by atoms with Crippen molar-refractivity contribution in [2.24, 2.45) is 17.8 Å². The van der Waals surface area contributed by atoms with Crippen molar-refractivity contribution in [2.45, 2.75) is 38.1 Å². The van der Waals surface area contributed by atoms with Crippen LogP contribution in [0.3, 0.4) is 0 Å². The van der Waals surface area contributed by atoms with Crippen molar-refractivity contribution in [3.63, 3.8) is 0 Å². The molecule has 2 N–H and O–H groups in total. The predicted octanol–water partition coefficient (Wildman–Crippen LogP) is 0.416. The van der Waals surface area contributed by atoms with E-state index in [1.165, 1.54) is 4.31 Å². The van der Waals surface area contributed by atoms with E-state index in [9.17, 15) is 18.3 Å². The minimum Gasteiger partial charge on any atom is -0.481 e. The second kappa shape index (κ2) is 4.71. The first-order valence-electron chi connectivity index (χ1n) is 6.99. The van der Waals surface area contributed by atoms with E-state index in [0.717, 1.165) is 32.1 Å². The maximum atomic E-state index is 12.3. The Bertz CT molecular complexity index is 472. The van der Waals surface area contributed by atoms with Crippen molar-refractivity contribution in [1.29, 1.82) is 0 Å². The van der Waals surface area contributed by atoms with Crippen LogP contribution in [0.1, 0.15) is 32.1 Å². The highest BCUT2D eigenvalue weighted by Crippen LogP contribution is 2.48. The number of aliphatic carboxylic acids is 1. The molecule has 3 fully saturated rings. The zero-order valence-corrected chi connectivity index (χ0v) is 11.6. The zero-order chi connectivity index (χ0) is 13.6. The van der Waals surface area contributed by atoms with Gasteiger partial charge >= 0.3 is 5.97 Å². The molecule has 0 aromatic carbocycles. The van der Waals surface area contributed by atoms with Crippen LogP contribution in [0.25, 0.3) is 0 Å². The van der Waals surface area contributed by atoms with Crippen molar-refractivity contribution in [1.82, 2.24) is 9.03 Å². The molecule has 0 aromatic heterocycles. The van der Waals surface area contributed by atoms with Crippen LogP contribution >= 0.6 is 0 Å². The average molecular weight is 288 g/mol. The van der Waals surface area contributed by atoms with Crippen LogP contribution in [0.5, 0.6) is 0 Å². The van der Waals surface area contributed by atoms with Gasteiger partial charge in [0.1, 0.15) is 0 Å². The third-order valence-electron chi connectivity index (χ3n) is 4.89. The average Bonchev–Trinajstić information content (AvgIpc) is 3.05. The lowest BCUT2D eigenvalue weighted by Gasteiger charge is -2.30. The number of carboxylic acids is 1. The normalized spacial score (nSPS) is 38.9. The number of carboxylic acid groups (broad SMARTS) is 1. The fourth-order valence-corrected chi connectivity index (χ4v) is 5.56. The maximum Gasteiger partial charge on any atom is 0.308 e. The van der Waals surface area contributed by atoms with Gasteiger partial charge in [-0.3, -0.25) is 4.79 Å². The number of rotatable bonds is 4. The third kappa shape index (κ3) is 2.28. The Morgan fingerprint density at radius 1 is 1.16 bits per heavy atom. The molecule has 2 saturated carbocycles. The van der Waals surface area contributed by atoms with Crippen molar-refractivity contribution < 1.29 is 18.3 Å². The van der Waals surface area contributed by atoms with Gasteiger partial charge in [0.15, 0.2) is 0 Å². The van der Waals surface area contributed by atoms with E-state index in [-0.39, 0.29) is 11.8 Å². The highest BCUT2D eigenvalue weighted by Gasteiger charge is 2.52. The van der Waals surface area contributed by atoms with Crippen LogP contribution in [-0.4, -0.2) is 42.9 Å². The van der Waals surface area contributed by atoms with Gasteiger partial charge in [-0.05, 0) is 43.9 Å². The molecule has 4 unspecified atom stereocenters. The predicted molar refractivity (Wildman–Crippen MR) is 68.6 cm³/mol. The van der Waals surface area contributed by atoms with Gasteiger partial charge in [0.2, 0.25) is 0 Å². The second-order valence-corrected chi connectivity index (χ2v) is 7.65. The largest absolute Gasteiger partial charge is 0.481 e. The summed E-state index contributed by atoms with van der Waals surface area (Å²) < 4.78 is 28.6. The molecule has 0 aromatic rings. The molecule has 2 bridgehead atoms. The highest BCUT2D eigenvalue weighted by atomic mass is 32.2. The summed E-state index contributed by atoms with van der Waals surface area (Å²) in [6.45, 7) is 1.10. The van der Waals surface area contributed by atoms with Gasteiger partial charge in [0, 0.05) is 19.1 Å². The second-order valence-electron chi connectivity index (χ2n) is 5.95. The molecule has 7 heteroatoms. The Balaban J connectivity index is 1.76. The quantitative estimate of drug-likeness (QED) is 0.784. The van der Waals surface area contributed by atoms with E-state index < -0.39 is 28.1 Å². The number of nitrogens with one attached hydrogen (secondary N) is 1. The molecule has 0 spiro atoms. The number of hydrogen-bond donors (Lipinski definition) is 2. The molecule has 1 aliphatic heterocycles. The topological polar surface area (TPSA) is 86.7 Å². The number of nitrogens with zero attached hydrogens (tertiary/aromatic N) is 1. The molecule has 3 aliphatic rings. The molecule has 1 heterocycles. The molecule has 1 saturated heterocycles. The van der Waals surface area contributed by atoms with Crippen molar-refractivity contribution in [2.75, 3.05) is 13.1 Å². The highest BCUT2D eigenvalue weighted by molar-refractivity contribution is 7.87. The first-order valence-corrected chi connectivity index (χ1v) is 8.43. The van der Waals surface area contributed by atoms with E-state index in [4.69, 9.17) is 0 Å². The first kappa shape index (κ1) is 13.3. The van der Waals surface area contributed by atoms with Crippen LogP contribution in [0.2, 0.25) is 0 Å². The van der Waals surface area contributed by atoms with Crippen LogP contribution in [0.15, 0.2) is 0 Å². The summed E-state index contributed by atoms with van der Waals surface area (Å²) in [5.41, 5.74) is 0. The van der Waals surface area contributed by atoms with Gasteiger partial charge in [-0.2, -0.15) is 17.4 Å². The minimum absolute atomic E-state index is 0.147. The maximum absolute atomic E-state index is 12.3. The summed E-state index contributed by atoms with van der Waals surface area (Å²) in [5, 5.41) is 9.32. The van der Waals surface area contributed by atoms with E-state index in [0.29, 0.717) is 13.1 Å². The standard InChI is InChI=1S/C12H20N2O4S/c15-12(16)10-8-3-4-9(7-8)11(10)13-19(17,18)14-5-1-2-6-14/h8-11,13H,1-7H2,(H,15,16). The monoisotopic (exact) mass is 288 g/mol. The van der Waals surface area contributed by atoms with Gasteiger partial charge in [-0.25, -0.2) is 0 Å². The van der Waals surface area contributed by atoms with Crippen molar-refractivity contribution in [3.8, 4) is 0 Å². The molecule has 6 nitrogen and oxygen atoms in total. The Morgan fingerprint density at radius 2 is 1.79 bits per heavy atom. The van der Waals surface area contributed by atoms with E-state index in [2.05, 4.69) is 4.72 Å². The summed E-state index contributed by atoms with van der Waals surface area (Å²) in [5.74, 6) is -1.06. The van der Waals surface area contributed by atoms with Gasteiger partial charge in [0.05, 0.1) is 5.92 Å². The van der Waals surface area contributed by atoms with Crippen LogP contribution in [0, 0.1) is 17.8 Å². The molecule has 0 amide bonds. The van der Waals surface area contributed by atoms with Crippen LogP contribution in [-0.2, 0) is 15.0 Å². The molecule has 3 rings (SSSR count). The molecular weight excluding hydrogens is 268 g/mol. The fourth-order valence-electron chi connectivity index (χ4n) is 3.99. The first-order chi connectivity index (χ1) is 8.99. The zero-order valence-electron chi connectivity index (χ0n) is 10.8. The summed E-state index contributed by atoms with van der Waals surface area (Å²) in [6, 6.07) is -0.415. The van der Waals surface area contributed by atoms with E-state index >= 15 is 0 Å². The summed E-state index contributed by atoms with van der Waals surface area (Å²) >= 11 is 0. The minimum atomic E-state index is -3.51. The summed E-state index contributed by atoms with van der Waals surface area (Å²) in [6.07, 6.45) is 4.50. The fraction of sp³-hybridized carbons (Fsp3) is 0.917. The summed E-state index contributed by atoms with van der Waals surface area (Å²) in [7, 11) is -3.51. The van der Waals surface area contributed by atoms with Crippen LogP contribution < -0.4 is 4.72 Å². The van der Waals surface area contributed by atoms with Gasteiger partial charge in [0.25, 0.3) is 10.2 Å². The Labute approximate surface area is 113 Å². The van der Waals surface area contributed by atoms with E-state index in [1.54, 1.807) is 0 Å². The molecule has 2 aliphatic carbocycles. The Hall–Kier alpha value is -0.660.